The minimum atomic E-state index is -0.142. The van der Waals surface area contributed by atoms with Gasteiger partial charge in [-0.15, -0.1) is 0 Å². The summed E-state index contributed by atoms with van der Waals surface area (Å²) in [6.45, 7) is 4.96. The van der Waals surface area contributed by atoms with Crippen molar-refractivity contribution < 1.29 is 9.90 Å². The number of hydrogen-bond acceptors (Lipinski definition) is 4. The molecule has 3 rings (SSSR count). The van der Waals surface area contributed by atoms with Gasteiger partial charge in [0.1, 0.15) is 0 Å². The molecule has 23 heavy (non-hydrogen) atoms. The van der Waals surface area contributed by atoms with Crippen molar-refractivity contribution >= 4 is 11.7 Å². The Kier molecular flexibility index (Phi) is 5.51. The van der Waals surface area contributed by atoms with Crippen LogP contribution in [0.25, 0.3) is 0 Å². The largest absolute Gasteiger partial charge is 0.394 e. The molecule has 2 N–H and O–H groups in total. The van der Waals surface area contributed by atoms with E-state index in [4.69, 9.17) is 0 Å². The third-order valence-electron chi connectivity index (χ3n) is 4.83. The highest BCUT2D eigenvalue weighted by Gasteiger charge is 2.28. The van der Waals surface area contributed by atoms with Gasteiger partial charge < -0.3 is 20.2 Å². The molecule has 1 aromatic rings. The number of likely N-dealkylation sites (tertiary alicyclic amines) is 2. The number of aromatic nitrogens is 2. The molecule has 2 fully saturated rings. The number of urea groups is 1. The summed E-state index contributed by atoms with van der Waals surface area (Å²) < 4.78 is 1.89. The van der Waals surface area contributed by atoms with Crippen molar-refractivity contribution in [1.29, 1.82) is 0 Å². The van der Waals surface area contributed by atoms with E-state index in [1.165, 1.54) is 32.4 Å². The van der Waals surface area contributed by atoms with Crippen LogP contribution in [-0.2, 0) is 6.54 Å². The van der Waals surface area contributed by atoms with Crippen LogP contribution in [-0.4, -0.2) is 69.5 Å². The summed E-state index contributed by atoms with van der Waals surface area (Å²) in [5, 5.41) is 16.5. The molecule has 2 aliphatic heterocycles. The van der Waals surface area contributed by atoms with Crippen LogP contribution in [0, 0.1) is 0 Å². The number of carbonyl (C=O) groups is 1. The fourth-order valence-electron chi connectivity index (χ4n) is 3.47. The highest BCUT2D eigenvalue weighted by molar-refractivity contribution is 5.89. The van der Waals surface area contributed by atoms with Gasteiger partial charge in [0.05, 0.1) is 31.1 Å². The second kappa shape index (κ2) is 7.79. The van der Waals surface area contributed by atoms with Gasteiger partial charge in [0.2, 0.25) is 0 Å². The van der Waals surface area contributed by atoms with E-state index in [1.54, 1.807) is 11.1 Å². The zero-order chi connectivity index (χ0) is 16.1. The Morgan fingerprint density at radius 1 is 1.22 bits per heavy atom. The molecule has 0 saturated carbocycles. The molecular formula is C16H27N5O2. The van der Waals surface area contributed by atoms with Crippen LogP contribution >= 0.6 is 0 Å². The highest BCUT2D eigenvalue weighted by Crippen LogP contribution is 2.18. The molecule has 0 bridgehead atoms. The van der Waals surface area contributed by atoms with Crippen molar-refractivity contribution in [2.75, 3.05) is 38.1 Å². The standard InChI is InChI=1S/C16H27N5O2/c22-13-15-5-4-8-21(15)16(23)18-14-11-17-20(12-14)10-9-19-6-2-1-3-7-19/h11-12,15,22H,1-10,13H2,(H,18,23). The van der Waals surface area contributed by atoms with Gasteiger partial charge >= 0.3 is 6.03 Å². The number of carbonyl (C=O) groups excluding carboxylic acids is 1. The molecule has 0 spiro atoms. The summed E-state index contributed by atoms with van der Waals surface area (Å²) in [6, 6.07) is -0.193. The predicted molar refractivity (Wildman–Crippen MR) is 88.4 cm³/mol. The number of nitrogens with one attached hydrogen (secondary N) is 1. The lowest BCUT2D eigenvalue weighted by molar-refractivity contribution is 0.166. The first kappa shape index (κ1) is 16.3. The lowest BCUT2D eigenvalue weighted by Gasteiger charge is -2.26. The summed E-state index contributed by atoms with van der Waals surface area (Å²) in [4.78, 5) is 16.4. The molecule has 0 aromatic carbocycles. The monoisotopic (exact) mass is 321 g/mol. The molecule has 2 aliphatic rings. The Bertz CT molecular complexity index is 512. The first-order chi connectivity index (χ1) is 11.3. The zero-order valence-electron chi connectivity index (χ0n) is 13.7. The Labute approximate surface area is 137 Å². The number of rotatable bonds is 5. The Morgan fingerprint density at radius 2 is 2.04 bits per heavy atom. The first-order valence-electron chi connectivity index (χ1n) is 8.69. The van der Waals surface area contributed by atoms with Crippen LogP contribution in [0.3, 0.4) is 0 Å². The maximum atomic E-state index is 12.3. The van der Waals surface area contributed by atoms with Gasteiger partial charge in [-0.1, -0.05) is 6.42 Å². The number of anilines is 1. The van der Waals surface area contributed by atoms with Crippen LogP contribution < -0.4 is 5.32 Å². The smallest absolute Gasteiger partial charge is 0.322 e. The van der Waals surface area contributed by atoms with Crippen LogP contribution in [0.5, 0.6) is 0 Å². The quantitative estimate of drug-likeness (QED) is 0.859. The number of amides is 2. The third kappa shape index (κ3) is 4.23. The maximum absolute atomic E-state index is 12.3. The lowest BCUT2D eigenvalue weighted by atomic mass is 10.1. The van der Waals surface area contributed by atoms with E-state index >= 15 is 0 Å². The van der Waals surface area contributed by atoms with Crippen LogP contribution in [0.4, 0.5) is 10.5 Å². The molecule has 2 saturated heterocycles. The average Bonchev–Trinajstić information content (AvgIpc) is 3.22. The molecule has 7 nitrogen and oxygen atoms in total. The SMILES string of the molecule is O=C(Nc1cnn(CCN2CCCCC2)c1)N1CCCC1CO. The van der Waals surface area contributed by atoms with E-state index in [-0.39, 0.29) is 18.7 Å². The second-order valence-electron chi connectivity index (χ2n) is 6.50. The maximum Gasteiger partial charge on any atom is 0.322 e. The van der Waals surface area contributed by atoms with E-state index in [1.807, 2.05) is 10.9 Å². The van der Waals surface area contributed by atoms with Crippen LogP contribution in [0.2, 0.25) is 0 Å². The van der Waals surface area contributed by atoms with Crippen molar-refractivity contribution in [2.24, 2.45) is 0 Å². The fraction of sp³-hybridized carbons (Fsp3) is 0.750. The lowest BCUT2D eigenvalue weighted by Crippen LogP contribution is -2.40. The number of nitrogens with zero attached hydrogens (tertiary/aromatic N) is 4. The van der Waals surface area contributed by atoms with Crippen molar-refractivity contribution in [3.8, 4) is 0 Å². The summed E-state index contributed by atoms with van der Waals surface area (Å²) in [5.74, 6) is 0. The van der Waals surface area contributed by atoms with Crippen molar-refractivity contribution in [2.45, 2.75) is 44.7 Å². The van der Waals surface area contributed by atoms with Gasteiger partial charge in [-0.2, -0.15) is 5.10 Å². The van der Waals surface area contributed by atoms with Gasteiger partial charge in [-0.05, 0) is 38.8 Å². The number of hydrogen-bond donors (Lipinski definition) is 2. The molecule has 1 atom stereocenters. The Morgan fingerprint density at radius 3 is 2.83 bits per heavy atom. The average molecular weight is 321 g/mol. The van der Waals surface area contributed by atoms with E-state index in [0.717, 1.165) is 31.6 Å². The van der Waals surface area contributed by atoms with Gasteiger partial charge in [-0.3, -0.25) is 4.68 Å². The van der Waals surface area contributed by atoms with Crippen molar-refractivity contribution in [3.63, 3.8) is 0 Å². The molecule has 128 valence electrons. The van der Waals surface area contributed by atoms with Gasteiger partial charge in [0, 0.05) is 19.3 Å². The van der Waals surface area contributed by atoms with E-state index in [9.17, 15) is 9.90 Å². The topological polar surface area (TPSA) is 73.6 Å². The minimum absolute atomic E-state index is 0.0303. The second-order valence-corrected chi connectivity index (χ2v) is 6.50. The number of aliphatic hydroxyl groups is 1. The van der Waals surface area contributed by atoms with Gasteiger partial charge in [0.15, 0.2) is 0 Å². The highest BCUT2D eigenvalue weighted by atomic mass is 16.3. The van der Waals surface area contributed by atoms with Crippen molar-refractivity contribution in [1.82, 2.24) is 19.6 Å². The normalized spacial score (nSPS) is 22.5. The zero-order valence-corrected chi connectivity index (χ0v) is 13.7. The molecule has 3 heterocycles. The van der Waals surface area contributed by atoms with E-state index in [0.29, 0.717) is 6.54 Å². The first-order valence-corrected chi connectivity index (χ1v) is 8.69. The Hall–Kier alpha value is -1.60. The Balaban J connectivity index is 1.47. The molecule has 7 heteroatoms. The van der Waals surface area contributed by atoms with E-state index < -0.39 is 0 Å². The number of aliphatic hydroxyl groups excluding tert-OH is 1. The fourth-order valence-corrected chi connectivity index (χ4v) is 3.47. The third-order valence-corrected chi connectivity index (χ3v) is 4.83. The number of piperidine rings is 1. The molecular weight excluding hydrogens is 294 g/mol. The van der Waals surface area contributed by atoms with Crippen molar-refractivity contribution in [3.05, 3.63) is 12.4 Å². The van der Waals surface area contributed by atoms with Gasteiger partial charge in [0.25, 0.3) is 0 Å². The predicted octanol–water partition coefficient (Wildman–Crippen LogP) is 1.36. The molecule has 1 aromatic heterocycles. The van der Waals surface area contributed by atoms with E-state index in [2.05, 4.69) is 15.3 Å². The molecule has 0 radical (unpaired) electrons. The van der Waals surface area contributed by atoms with Crippen LogP contribution in [0.15, 0.2) is 12.4 Å². The summed E-state index contributed by atoms with van der Waals surface area (Å²) in [5.41, 5.74) is 0.720. The minimum Gasteiger partial charge on any atom is -0.394 e. The molecule has 0 aliphatic carbocycles. The summed E-state index contributed by atoms with van der Waals surface area (Å²) in [6.07, 6.45) is 9.33. The van der Waals surface area contributed by atoms with Gasteiger partial charge in [-0.25, -0.2) is 4.79 Å². The molecule has 2 amide bonds. The molecule has 1 unspecified atom stereocenters. The summed E-state index contributed by atoms with van der Waals surface area (Å²) in [7, 11) is 0. The summed E-state index contributed by atoms with van der Waals surface area (Å²) >= 11 is 0. The van der Waals surface area contributed by atoms with Crippen LogP contribution in [0.1, 0.15) is 32.1 Å².